The maximum Gasteiger partial charge on any atom is 0.228 e. The van der Waals surface area contributed by atoms with E-state index < -0.39 is 0 Å². The first-order chi connectivity index (χ1) is 9.05. The van der Waals surface area contributed by atoms with Crippen LogP contribution >= 0.6 is 0 Å². The van der Waals surface area contributed by atoms with Crippen molar-refractivity contribution in [2.75, 3.05) is 26.2 Å². The molecular weight excluding hydrogens is 236 g/mol. The van der Waals surface area contributed by atoms with E-state index in [2.05, 4.69) is 24.1 Å². The van der Waals surface area contributed by atoms with Gasteiger partial charge >= 0.3 is 0 Å². The second-order valence-electron chi connectivity index (χ2n) is 7.60. The summed E-state index contributed by atoms with van der Waals surface area (Å²) in [6, 6.07) is 0. The molecule has 3 nitrogen and oxygen atoms in total. The summed E-state index contributed by atoms with van der Waals surface area (Å²) in [5.74, 6) is 1.11. The molecule has 2 heterocycles. The third-order valence-corrected chi connectivity index (χ3v) is 5.55. The lowest BCUT2D eigenvalue weighted by Gasteiger charge is -2.40. The van der Waals surface area contributed by atoms with Crippen LogP contribution in [0.4, 0.5) is 0 Å². The molecule has 2 aliphatic heterocycles. The van der Waals surface area contributed by atoms with Gasteiger partial charge in [-0.1, -0.05) is 13.8 Å². The molecule has 0 atom stereocenters. The standard InChI is InChI=1S/C16H28N2O/c1-13(2)11-16(3-4-16)14(19)18-9-6-15(7-10-18)5-8-17-12-15/h13,17H,3-12H2,1-2H3. The second kappa shape index (κ2) is 4.76. The molecule has 3 rings (SSSR count). The van der Waals surface area contributed by atoms with Crippen molar-refractivity contribution >= 4 is 5.91 Å². The van der Waals surface area contributed by atoms with Gasteiger partial charge in [-0.15, -0.1) is 0 Å². The molecule has 0 unspecified atom stereocenters. The number of hydrogen-bond acceptors (Lipinski definition) is 2. The van der Waals surface area contributed by atoms with Gasteiger partial charge in [0.25, 0.3) is 0 Å². The lowest BCUT2D eigenvalue weighted by atomic mass is 9.77. The SMILES string of the molecule is CC(C)CC1(C(=O)N2CCC3(CCNC3)CC2)CC1. The first-order valence-corrected chi connectivity index (χ1v) is 8.06. The van der Waals surface area contributed by atoms with E-state index in [0.717, 1.165) is 32.4 Å². The van der Waals surface area contributed by atoms with Gasteiger partial charge in [-0.3, -0.25) is 4.79 Å². The van der Waals surface area contributed by atoms with E-state index in [4.69, 9.17) is 0 Å². The fourth-order valence-electron chi connectivity index (χ4n) is 4.18. The molecule has 2 saturated heterocycles. The summed E-state index contributed by atoms with van der Waals surface area (Å²) >= 11 is 0. The number of nitrogens with zero attached hydrogens (tertiary/aromatic N) is 1. The maximum atomic E-state index is 12.7. The number of hydrogen-bond donors (Lipinski definition) is 1. The first-order valence-electron chi connectivity index (χ1n) is 8.06. The van der Waals surface area contributed by atoms with E-state index >= 15 is 0 Å². The van der Waals surface area contributed by atoms with Crippen molar-refractivity contribution in [3.05, 3.63) is 0 Å². The molecule has 1 spiro atoms. The van der Waals surface area contributed by atoms with Gasteiger partial charge in [-0.2, -0.15) is 0 Å². The van der Waals surface area contributed by atoms with Crippen LogP contribution in [-0.2, 0) is 4.79 Å². The van der Waals surface area contributed by atoms with E-state index in [-0.39, 0.29) is 5.41 Å². The summed E-state index contributed by atoms with van der Waals surface area (Å²) in [5, 5.41) is 3.49. The second-order valence-corrected chi connectivity index (χ2v) is 7.60. The number of carbonyl (C=O) groups excluding carboxylic acids is 1. The summed E-state index contributed by atoms with van der Waals surface area (Å²) in [7, 11) is 0. The minimum Gasteiger partial charge on any atom is -0.342 e. The zero-order valence-corrected chi connectivity index (χ0v) is 12.5. The van der Waals surface area contributed by atoms with Crippen molar-refractivity contribution in [3.8, 4) is 0 Å². The van der Waals surface area contributed by atoms with Crippen LogP contribution in [0.1, 0.15) is 52.4 Å². The Morgan fingerprint density at radius 1 is 1.16 bits per heavy atom. The van der Waals surface area contributed by atoms with E-state index in [0.29, 0.717) is 17.2 Å². The normalized spacial score (nSPS) is 28.1. The van der Waals surface area contributed by atoms with Gasteiger partial charge in [-0.05, 0) is 56.4 Å². The molecular formula is C16H28N2O. The molecule has 3 aliphatic rings. The molecule has 1 saturated carbocycles. The quantitative estimate of drug-likeness (QED) is 0.849. The largest absolute Gasteiger partial charge is 0.342 e. The summed E-state index contributed by atoms with van der Waals surface area (Å²) in [5.41, 5.74) is 0.568. The van der Waals surface area contributed by atoms with Gasteiger partial charge in [0.15, 0.2) is 0 Å². The van der Waals surface area contributed by atoms with Crippen LogP contribution in [0.3, 0.4) is 0 Å². The summed E-state index contributed by atoms with van der Waals surface area (Å²) in [6.07, 6.45) is 7.09. The van der Waals surface area contributed by atoms with Gasteiger partial charge in [0.1, 0.15) is 0 Å². The average Bonchev–Trinajstić information content (AvgIpc) is 3.02. The van der Waals surface area contributed by atoms with Gasteiger partial charge < -0.3 is 10.2 Å². The number of nitrogens with one attached hydrogen (secondary N) is 1. The van der Waals surface area contributed by atoms with Crippen molar-refractivity contribution in [2.24, 2.45) is 16.7 Å². The Labute approximate surface area is 117 Å². The van der Waals surface area contributed by atoms with E-state index in [9.17, 15) is 4.79 Å². The molecule has 19 heavy (non-hydrogen) atoms. The minimum atomic E-state index is 0.0482. The van der Waals surface area contributed by atoms with E-state index in [1.54, 1.807) is 0 Å². The molecule has 1 aliphatic carbocycles. The molecule has 1 amide bonds. The van der Waals surface area contributed by atoms with Crippen molar-refractivity contribution in [3.63, 3.8) is 0 Å². The molecule has 3 heteroatoms. The highest BCUT2D eigenvalue weighted by molar-refractivity contribution is 5.85. The van der Waals surface area contributed by atoms with Gasteiger partial charge in [0.05, 0.1) is 0 Å². The van der Waals surface area contributed by atoms with Crippen molar-refractivity contribution < 1.29 is 4.79 Å². The number of amides is 1. The van der Waals surface area contributed by atoms with Crippen molar-refractivity contribution in [1.29, 1.82) is 0 Å². The predicted molar refractivity (Wildman–Crippen MR) is 76.9 cm³/mol. The van der Waals surface area contributed by atoms with Gasteiger partial charge in [-0.25, -0.2) is 0 Å². The van der Waals surface area contributed by atoms with Crippen LogP contribution in [0, 0.1) is 16.7 Å². The first kappa shape index (κ1) is 13.4. The van der Waals surface area contributed by atoms with Crippen LogP contribution in [-0.4, -0.2) is 37.0 Å². The van der Waals surface area contributed by atoms with E-state index in [1.165, 1.54) is 32.4 Å². The Morgan fingerprint density at radius 2 is 1.84 bits per heavy atom. The highest BCUT2D eigenvalue weighted by Gasteiger charge is 2.52. The Hall–Kier alpha value is -0.570. The number of carbonyl (C=O) groups is 1. The number of piperidine rings is 1. The lowest BCUT2D eigenvalue weighted by Crippen LogP contribution is -2.46. The molecule has 1 N–H and O–H groups in total. The molecule has 0 aromatic carbocycles. The Kier molecular flexibility index (Phi) is 3.36. The van der Waals surface area contributed by atoms with Crippen LogP contribution in [0.5, 0.6) is 0 Å². The highest BCUT2D eigenvalue weighted by Crippen LogP contribution is 2.52. The van der Waals surface area contributed by atoms with Crippen LogP contribution in [0.15, 0.2) is 0 Å². The maximum absolute atomic E-state index is 12.7. The molecule has 0 bridgehead atoms. The highest BCUT2D eigenvalue weighted by atomic mass is 16.2. The third kappa shape index (κ3) is 2.54. The van der Waals surface area contributed by atoms with Gasteiger partial charge in [0.2, 0.25) is 5.91 Å². The summed E-state index contributed by atoms with van der Waals surface area (Å²) < 4.78 is 0. The smallest absolute Gasteiger partial charge is 0.228 e. The van der Waals surface area contributed by atoms with Crippen molar-refractivity contribution in [1.82, 2.24) is 10.2 Å². The topological polar surface area (TPSA) is 32.3 Å². The Bertz CT molecular complexity index is 344. The monoisotopic (exact) mass is 264 g/mol. The fraction of sp³-hybridized carbons (Fsp3) is 0.938. The average molecular weight is 264 g/mol. The Morgan fingerprint density at radius 3 is 2.32 bits per heavy atom. The molecule has 0 aromatic heterocycles. The minimum absolute atomic E-state index is 0.0482. The zero-order valence-electron chi connectivity index (χ0n) is 12.5. The van der Waals surface area contributed by atoms with E-state index in [1.807, 2.05) is 0 Å². The molecule has 108 valence electrons. The summed E-state index contributed by atoms with van der Waals surface area (Å²) in [6.45, 7) is 8.82. The number of rotatable bonds is 3. The number of likely N-dealkylation sites (tertiary alicyclic amines) is 1. The van der Waals surface area contributed by atoms with Crippen LogP contribution < -0.4 is 5.32 Å². The third-order valence-electron chi connectivity index (χ3n) is 5.55. The predicted octanol–water partition coefficient (Wildman–Crippen LogP) is 2.41. The van der Waals surface area contributed by atoms with Crippen molar-refractivity contribution in [2.45, 2.75) is 52.4 Å². The Balaban J connectivity index is 1.58. The molecule has 3 fully saturated rings. The van der Waals surface area contributed by atoms with Crippen LogP contribution in [0.25, 0.3) is 0 Å². The molecule has 0 radical (unpaired) electrons. The summed E-state index contributed by atoms with van der Waals surface area (Å²) in [4.78, 5) is 14.9. The lowest BCUT2D eigenvalue weighted by molar-refractivity contribution is -0.140. The fourth-order valence-corrected chi connectivity index (χ4v) is 4.18. The van der Waals surface area contributed by atoms with Gasteiger partial charge in [0, 0.05) is 25.0 Å². The molecule has 0 aromatic rings. The van der Waals surface area contributed by atoms with Crippen LogP contribution in [0.2, 0.25) is 0 Å². The zero-order chi connectivity index (χ0) is 13.5.